The first-order valence-electron chi connectivity index (χ1n) is 4.89. The molecule has 0 unspecified atom stereocenters. The molecule has 70 valence electrons. The van der Waals surface area contributed by atoms with E-state index in [1.54, 1.807) is 0 Å². The van der Waals surface area contributed by atoms with Gasteiger partial charge in [0.1, 0.15) is 0 Å². The first-order chi connectivity index (χ1) is 5.59. The molecule has 1 amide bonds. The Hall–Kier alpha value is -0.530. The van der Waals surface area contributed by atoms with E-state index in [4.69, 9.17) is 0 Å². The van der Waals surface area contributed by atoms with Crippen LogP contribution in [0.4, 0.5) is 0 Å². The standard InChI is InChI=1S/C10H19NO/c1-7(2)6-10(12)11-8(3)9-4-5-9/h7-9H,4-6H2,1-3H3,(H,11,12)/t8-/m1/s1. The molecule has 1 fully saturated rings. The summed E-state index contributed by atoms with van der Waals surface area (Å²) in [5.41, 5.74) is 0. The van der Waals surface area contributed by atoms with Crippen LogP contribution < -0.4 is 5.32 Å². The summed E-state index contributed by atoms with van der Waals surface area (Å²) in [5.74, 6) is 1.45. The number of hydrogen-bond acceptors (Lipinski definition) is 1. The van der Waals surface area contributed by atoms with Crippen molar-refractivity contribution in [2.24, 2.45) is 11.8 Å². The number of nitrogens with one attached hydrogen (secondary N) is 1. The first-order valence-corrected chi connectivity index (χ1v) is 4.89. The third-order valence-corrected chi connectivity index (χ3v) is 2.31. The average molecular weight is 169 g/mol. The molecule has 1 N–H and O–H groups in total. The molecule has 0 aromatic heterocycles. The van der Waals surface area contributed by atoms with Crippen molar-refractivity contribution in [1.82, 2.24) is 5.32 Å². The van der Waals surface area contributed by atoms with Gasteiger partial charge in [0.05, 0.1) is 0 Å². The van der Waals surface area contributed by atoms with Gasteiger partial charge in [-0.1, -0.05) is 13.8 Å². The van der Waals surface area contributed by atoms with Crippen LogP contribution in [0.25, 0.3) is 0 Å². The largest absolute Gasteiger partial charge is 0.353 e. The Morgan fingerprint density at radius 1 is 1.42 bits per heavy atom. The molecule has 0 bridgehead atoms. The fraction of sp³-hybridized carbons (Fsp3) is 0.900. The van der Waals surface area contributed by atoms with Crippen molar-refractivity contribution in [3.8, 4) is 0 Å². The lowest BCUT2D eigenvalue weighted by atomic mass is 10.1. The van der Waals surface area contributed by atoms with Gasteiger partial charge in [-0.15, -0.1) is 0 Å². The van der Waals surface area contributed by atoms with Gasteiger partial charge >= 0.3 is 0 Å². The van der Waals surface area contributed by atoms with Gasteiger partial charge in [-0.3, -0.25) is 4.79 Å². The van der Waals surface area contributed by atoms with Crippen LogP contribution in [0.3, 0.4) is 0 Å². The van der Waals surface area contributed by atoms with Crippen molar-refractivity contribution in [1.29, 1.82) is 0 Å². The van der Waals surface area contributed by atoms with Gasteiger partial charge in [0.25, 0.3) is 0 Å². The Morgan fingerprint density at radius 3 is 2.42 bits per heavy atom. The van der Waals surface area contributed by atoms with Gasteiger partial charge < -0.3 is 5.32 Å². The average Bonchev–Trinajstić information content (AvgIpc) is 2.63. The van der Waals surface area contributed by atoms with Gasteiger partial charge in [-0.25, -0.2) is 0 Å². The highest BCUT2D eigenvalue weighted by atomic mass is 16.1. The van der Waals surface area contributed by atoms with E-state index in [0.29, 0.717) is 18.4 Å². The van der Waals surface area contributed by atoms with Crippen molar-refractivity contribution >= 4 is 5.91 Å². The van der Waals surface area contributed by atoms with E-state index in [1.807, 2.05) is 0 Å². The van der Waals surface area contributed by atoms with E-state index in [0.717, 1.165) is 5.92 Å². The molecular formula is C10H19NO. The third kappa shape index (κ3) is 3.24. The molecule has 1 aliphatic rings. The summed E-state index contributed by atoms with van der Waals surface area (Å²) in [4.78, 5) is 11.3. The Bertz CT molecular complexity index is 161. The zero-order valence-electron chi connectivity index (χ0n) is 8.26. The molecule has 0 aliphatic heterocycles. The van der Waals surface area contributed by atoms with Crippen molar-refractivity contribution in [3.63, 3.8) is 0 Å². The van der Waals surface area contributed by atoms with E-state index in [1.165, 1.54) is 12.8 Å². The van der Waals surface area contributed by atoms with Crippen molar-refractivity contribution in [2.75, 3.05) is 0 Å². The Labute approximate surface area is 74.7 Å². The van der Waals surface area contributed by atoms with Crippen LogP contribution in [-0.4, -0.2) is 11.9 Å². The zero-order chi connectivity index (χ0) is 9.14. The van der Waals surface area contributed by atoms with Gasteiger partial charge in [-0.05, 0) is 31.6 Å². The van der Waals surface area contributed by atoms with Gasteiger partial charge in [0, 0.05) is 12.5 Å². The molecule has 0 aromatic carbocycles. The highest BCUT2D eigenvalue weighted by Crippen LogP contribution is 2.32. The van der Waals surface area contributed by atoms with Crippen LogP contribution in [0, 0.1) is 11.8 Å². The molecule has 0 radical (unpaired) electrons. The third-order valence-electron chi connectivity index (χ3n) is 2.31. The monoisotopic (exact) mass is 169 g/mol. The van der Waals surface area contributed by atoms with E-state index in [-0.39, 0.29) is 5.91 Å². The van der Waals surface area contributed by atoms with Crippen molar-refractivity contribution < 1.29 is 4.79 Å². The topological polar surface area (TPSA) is 29.1 Å². The van der Waals surface area contributed by atoms with E-state index < -0.39 is 0 Å². The summed E-state index contributed by atoms with van der Waals surface area (Å²) in [5, 5.41) is 3.03. The molecule has 1 saturated carbocycles. The molecule has 1 aliphatic carbocycles. The first kappa shape index (κ1) is 9.56. The molecule has 0 aromatic rings. The van der Waals surface area contributed by atoms with E-state index in [2.05, 4.69) is 26.1 Å². The van der Waals surface area contributed by atoms with Crippen LogP contribution >= 0.6 is 0 Å². The van der Waals surface area contributed by atoms with Gasteiger partial charge in [-0.2, -0.15) is 0 Å². The van der Waals surface area contributed by atoms with E-state index in [9.17, 15) is 4.79 Å². The van der Waals surface area contributed by atoms with Crippen LogP contribution in [0.2, 0.25) is 0 Å². The second-order valence-corrected chi connectivity index (χ2v) is 4.29. The summed E-state index contributed by atoms with van der Waals surface area (Å²) in [6, 6.07) is 0.399. The maximum atomic E-state index is 11.3. The number of amides is 1. The normalized spacial score (nSPS) is 19.3. The molecular weight excluding hydrogens is 150 g/mol. The van der Waals surface area contributed by atoms with Crippen LogP contribution in [0.15, 0.2) is 0 Å². The highest BCUT2D eigenvalue weighted by Gasteiger charge is 2.28. The smallest absolute Gasteiger partial charge is 0.220 e. The van der Waals surface area contributed by atoms with Crippen LogP contribution in [-0.2, 0) is 4.79 Å². The summed E-state index contributed by atoms with van der Waals surface area (Å²) in [6.45, 7) is 6.25. The zero-order valence-corrected chi connectivity index (χ0v) is 8.26. The minimum atomic E-state index is 0.212. The molecule has 12 heavy (non-hydrogen) atoms. The minimum absolute atomic E-state index is 0.212. The summed E-state index contributed by atoms with van der Waals surface area (Å²) in [7, 11) is 0. The minimum Gasteiger partial charge on any atom is -0.353 e. The lowest BCUT2D eigenvalue weighted by Gasteiger charge is -2.13. The quantitative estimate of drug-likeness (QED) is 0.684. The molecule has 0 saturated heterocycles. The highest BCUT2D eigenvalue weighted by molar-refractivity contribution is 5.76. The number of carbonyl (C=O) groups excluding carboxylic acids is 1. The Balaban J connectivity index is 2.15. The number of carbonyl (C=O) groups is 1. The molecule has 2 nitrogen and oxygen atoms in total. The molecule has 1 rings (SSSR count). The summed E-state index contributed by atoms with van der Waals surface area (Å²) in [6.07, 6.45) is 3.25. The predicted octanol–water partition coefficient (Wildman–Crippen LogP) is 1.95. The van der Waals surface area contributed by atoms with Gasteiger partial charge in [0.2, 0.25) is 5.91 Å². The van der Waals surface area contributed by atoms with E-state index >= 15 is 0 Å². The number of rotatable bonds is 4. The molecule has 0 heterocycles. The fourth-order valence-electron chi connectivity index (χ4n) is 1.40. The SMILES string of the molecule is CC(C)CC(=O)N[C@H](C)C1CC1. The van der Waals surface area contributed by atoms with Crippen molar-refractivity contribution in [3.05, 3.63) is 0 Å². The second kappa shape index (κ2) is 3.92. The number of hydrogen-bond donors (Lipinski definition) is 1. The Morgan fingerprint density at radius 2 is 2.00 bits per heavy atom. The maximum absolute atomic E-state index is 11.3. The summed E-state index contributed by atoms with van der Waals surface area (Å²) >= 11 is 0. The molecule has 0 spiro atoms. The second-order valence-electron chi connectivity index (χ2n) is 4.29. The van der Waals surface area contributed by atoms with Crippen molar-refractivity contribution in [2.45, 2.75) is 46.1 Å². The lowest BCUT2D eigenvalue weighted by Crippen LogP contribution is -2.34. The summed E-state index contributed by atoms with van der Waals surface area (Å²) < 4.78 is 0. The van der Waals surface area contributed by atoms with Crippen LogP contribution in [0.5, 0.6) is 0 Å². The molecule has 1 atom stereocenters. The molecule has 2 heteroatoms. The predicted molar refractivity (Wildman–Crippen MR) is 49.8 cm³/mol. The van der Waals surface area contributed by atoms with Crippen LogP contribution in [0.1, 0.15) is 40.0 Å². The lowest BCUT2D eigenvalue weighted by molar-refractivity contribution is -0.122. The van der Waals surface area contributed by atoms with Gasteiger partial charge in [0.15, 0.2) is 0 Å². The Kier molecular flexibility index (Phi) is 3.12. The fourth-order valence-corrected chi connectivity index (χ4v) is 1.40. The maximum Gasteiger partial charge on any atom is 0.220 e.